The second kappa shape index (κ2) is 9.39. The smallest absolute Gasteiger partial charge is 0.232 e. The average molecular weight is 405 g/mol. The number of hydrogen-bond donors (Lipinski definition) is 1. The highest BCUT2D eigenvalue weighted by molar-refractivity contribution is 5.57. The molecule has 3 heterocycles. The summed E-state index contributed by atoms with van der Waals surface area (Å²) in [5.74, 6) is 1.55. The Labute approximate surface area is 175 Å². The summed E-state index contributed by atoms with van der Waals surface area (Å²) in [5, 5.41) is 12.8. The molecular formula is C22H23N5O3. The molecule has 0 saturated carbocycles. The number of nitriles is 1. The summed E-state index contributed by atoms with van der Waals surface area (Å²) in [4.78, 5) is 10.8. The van der Waals surface area contributed by atoms with E-state index in [1.54, 1.807) is 25.6 Å². The van der Waals surface area contributed by atoms with Crippen molar-refractivity contribution in [1.29, 1.82) is 5.26 Å². The van der Waals surface area contributed by atoms with Gasteiger partial charge in [0.05, 0.1) is 31.9 Å². The highest BCUT2D eigenvalue weighted by atomic mass is 16.5. The molecule has 0 unspecified atom stereocenters. The molecule has 1 N–H and O–H groups in total. The van der Waals surface area contributed by atoms with Crippen molar-refractivity contribution in [2.45, 2.75) is 6.04 Å². The molecule has 0 radical (unpaired) electrons. The van der Waals surface area contributed by atoms with E-state index in [2.05, 4.69) is 38.4 Å². The molecule has 8 heteroatoms. The maximum absolute atomic E-state index is 9.50. The van der Waals surface area contributed by atoms with Crippen LogP contribution in [0.15, 0.2) is 53.2 Å². The van der Waals surface area contributed by atoms with E-state index in [-0.39, 0.29) is 11.7 Å². The number of rotatable bonds is 7. The van der Waals surface area contributed by atoms with Gasteiger partial charge in [-0.25, -0.2) is 0 Å². The van der Waals surface area contributed by atoms with Crippen LogP contribution < -0.4 is 10.1 Å². The molecule has 1 fully saturated rings. The van der Waals surface area contributed by atoms with Gasteiger partial charge >= 0.3 is 0 Å². The van der Waals surface area contributed by atoms with Gasteiger partial charge < -0.3 is 19.2 Å². The van der Waals surface area contributed by atoms with Gasteiger partial charge in [0.2, 0.25) is 17.5 Å². The first kappa shape index (κ1) is 19.9. The van der Waals surface area contributed by atoms with Gasteiger partial charge in [0.1, 0.15) is 11.8 Å². The lowest BCUT2D eigenvalue weighted by Crippen LogP contribution is -2.41. The number of oxazole rings is 1. The Hall–Kier alpha value is -3.41. The Balaban J connectivity index is 1.56. The summed E-state index contributed by atoms with van der Waals surface area (Å²) in [7, 11) is 1.66. The average Bonchev–Trinajstić information content (AvgIpc) is 3.24. The fourth-order valence-corrected chi connectivity index (χ4v) is 3.49. The Morgan fingerprint density at radius 1 is 1.23 bits per heavy atom. The minimum atomic E-state index is 0.0818. The van der Waals surface area contributed by atoms with Crippen LogP contribution in [0.4, 0.5) is 5.88 Å². The van der Waals surface area contributed by atoms with Crippen LogP contribution in [0.5, 0.6) is 5.75 Å². The van der Waals surface area contributed by atoms with Gasteiger partial charge in [0.25, 0.3) is 0 Å². The Kier molecular flexibility index (Phi) is 6.23. The van der Waals surface area contributed by atoms with Crippen molar-refractivity contribution < 1.29 is 13.9 Å². The van der Waals surface area contributed by atoms with Gasteiger partial charge in [-0.1, -0.05) is 12.1 Å². The molecule has 154 valence electrons. The molecule has 1 atom stereocenters. The minimum absolute atomic E-state index is 0.0818. The first-order valence-electron chi connectivity index (χ1n) is 9.79. The normalized spacial score (nSPS) is 15.3. The zero-order valence-corrected chi connectivity index (χ0v) is 16.7. The van der Waals surface area contributed by atoms with Crippen LogP contribution in [0.1, 0.15) is 17.3 Å². The predicted octanol–water partition coefficient (Wildman–Crippen LogP) is 3.10. The number of methoxy groups -OCH3 is 1. The lowest BCUT2D eigenvalue weighted by molar-refractivity contribution is 0.0186. The number of nitrogens with zero attached hydrogens (tertiary/aromatic N) is 4. The van der Waals surface area contributed by atoms with Gasteiger partial charge in [-0.2, -0.15) is 10.2 Å². The zero-order chi connectivity index (χ0) is 20.8. The van der Waals surface area contributed by atoms with Crippen molar-refractivity contribution >= 4 is 5.88 Å². The summed E-state index contributed by atoms with van der Waals surface area (Å²) < 4.78 is 16.7. The maximum atomic E-state index is 9.50. The molecule has 0 bridgehead atoms. The third-order valence-electron chi connectivity index (χ3n) is 5.08. The lowest BCUT2D eigenvalue weighted by atomic mass is 10.0. The summed E-state index contributed by atoms with van der Waals surface area (Å²) in [6.07, 6.45) is 3.34. The Bertz CT molecular complexity index is 992. The number of hydrogen-bond acceptors (Lipinski definition) is 8. The number of anilines is 1. The third-order valence-corrected chi connectivity index (χ3v) is 5.08. The van der Waals surface area contributed by atoms with Gasteiger partial charge in [0, 0.05) is 32.0 Å². The zero-order valence-electron chi connectivity index (χ0n) is 16.7. The molecule has 0 amide bonds. The van der Waals surface area contributed by atoms with Crippen molar-refractivity contribution in [3.63, 3.8) is 0 Å². The molecule has 1 aromatic carbocycles. The number of aromatic nitrogens is 2. The van der Waals surface area contributed by atoms with E-state index in [0.717, 1.165) is 30.0 Å². The second-order valence-corrected chi connectivity index (χ2v) is 6.87. The SMILES string of the molecule is COc1ccc([C@@H](CNc2oc(-c3cccnc3)nc2C#N)N2CCOCC2)cc1. The molecule has 0 spiro atoms. The molecule has 2 aromatic heterocycles. The van der Waals surface area contributed by atoms with E-state index in [4.69, 9.17) is 13.9 Å². The Morgan fingerprint density at radius 2 is 2.03 bits per heavy atom. The van der Waals surface area contributed by atoms with E-state index in [1.807, 2.05) is 18.2 Å². The fraction of sp³-hybridized carbons (Fsp3) is 0.318. The Morgan fingerprint density at radius 3 is 2.70 bits per heavy atom. The van der Waals surface area contributed by atoms with E-state index >= 15 is 0 Å². The highest BCUT2D eigenvalue weighted by Gasteiger charge is 2.24. The molecule has 4 rings (SSSR count). The van der Waals surface area contributed by atoms with Gasteiger partial charge in [-0.15, -0.1) is 0 Å². The van der Waals surface area contributed by atoms with Crippen LogP contribution in [-0.4, -0.2) is 54.8 Å². The first-order chi connectivity index (χ1) is 14.8. The van der Waals surface area contributed by atoms with E-state index in [0.29, 0.717) is 31.5 Å². The van der Waals surface area contributed by atoms with Crippen LogP contribution in [0.25, 0.3) is 11.5 Å². The van der Waals surface area contributed by atoms with Crippen LogP contribution in [0.3, 0.4) is 0 Å². The summed E-state index contributed by atoms with van der Waals surface area (Å²) >= 11 is 0. The van der Waals surface area contributed by atoms with E-state index in [9.17, 15) is 5.26 Å². The van der Waals surface area contributed by atoms with Crippen LogP contribution >= 0.6 is 0 Å². The van der Waals surface area contributed by atoms with Crippen LogP contribution in [0.2, 0.25) is 0 Å². The monoisotopic (exact) mass is 405 g/mol. The van der Waals surface area contributed by atoms with Crippen molar-refractivity contribution in [3.05, 3.63) is 60.0 Å². The minimum Gasteiger partial charge on any atom is -0.497 e. The molecule has 3 aromatic rings. The highest BCUT2D eigenvalue weighted by Crippen LogP contribution is 2.28. The fourth-order valence-electron chi connectivity index (χ4n) is 3.49. The van der Waals surface area contributed by atoms with E-state index < -0.39 is 0 Å². The van der Waals surface area contributed by atoms with Crippen LogP contribution in [0, 0.1) is 11.3 Å². The third kappa shape index (κ3) is 4.43. The molecular weight excluding hydrogens is 382 g/mol. The molecule has 1 aliphatic rings. The topological polar surface area (TPSA) is 96.4 Å². The maximum Gasteiger partial charge on any atom is 0.232 e. The van der Waals surface area contributed by atoms with Gasteiger partial charge in [0.15, 0.2) is 0 Å². The lowest BCUT2D eigenvalue weighted by Gasteiger charge is -2.35. The molecule has 8 nitrogen and oxygen atoms in total. The number of nitrogens with one attached hydrogen (secondary N) is 1. The van der Waals surface area contributed by atoms with Gasteiger partial charge in [-0.3, -0.25) is 9.88 Å². The molecule has 1 saturated heterocycles. The quantitative estimate of drug-likeness (QED) is 0.641. The first-order valence-corrected chi connectivity index (χ1v) is 9.79. The number of morpholine rings is 1. The summed E-state index contributed by atoms with van der Waals surface area (Å²) in [6.45, 7) is 3.62. The number of benzene rings is 1. The summed E-state index contributed by atoms with van der Waals surface area (Å²) in [6, 6.07) is 13.9. The molecule has 30 heavy (non-hydrogen) atoms. The second-order valence-electron chi connectivity index (χ2n) is 6.87. The summed E-state index contributed by atoms with van der Waals surface area (Å²) in [5.41, 5.74) is 2.10. The van der Waals surface area contributed by atoms with Crippen molar-refractivity contribution in [1.82, 2.24) is 14.9 Å². The largest absolute Gasteiger partial charge is 0.497 e. The number of pyridine rings is 1. The van der Waals surface area contributed by atoms with E-state index in [1.165, 1.54) is 0 Å². The van der Waals surface area contributed by atoms with Crippen molar-refractivity contribution in [3.8, 4) is 23.3 Å². The van der Waals surface area contributed by atoms with Crippen molar-refractivity contribution in [2.24, 2.45) is 0 Å². The van der Waals surface area contributed by atoms with Crippen LogP contribution in [-0.2, 0) is 4.74 Å². The van der Waals surface area contributed by atoms with Gasteiger partial charge in [-0.05, 0) is 29.8 Å². The molecule has 1 aliphatic heterocycles. The number of ether oxygens (including phenoxy) is 2. The molecule has 0 aliphatic carbocycles. The van der Waals surface area contributed by atoms with Crippen molar-refractivity contribution in [2.75, 3.05) is 45.3 Å². The standard InChI is InChI=1S/C22H23N5O3/c1-28-18-6-4-16(5-7-18)20(27-9-11-29-12-10-27)15-25-22-19(13-23)26-21(30-22)17-3-2-8-24-14-17/h2-8,14,20,25H,9-12,15H2,1H3/t20-/m1/s1. The predicted molar refractivity (Wildman–Crippen MR) is 111 cm³/mol.